The smallest absolute Gasteiger partial charge is 0.320 e. The molecule has 0 aliphatic carbocycles. The SMILES string of the molecule is CCC(OC(=O)CC#N)C(=O)Nc1ccc(-c2nc3ccc(C)cc3s2)cc1. The molecular formula is C21H19N3O3S. The summed E-state index contributed by atoms with van der Waals surface area (Å²) in [6, 6.07) is 15.2. The van der Waals surface area contributed by atoms with Crippen LogP contribution in [-0.4, -0.2) is 23.0 Å². The third-order valence-electron chi connectivity index (χ3n) is 4.10. The number of hydrogen-bond donors (Lipinski definition) is 1. The van der Waals surface area contributed by atoms with Gasteiger partial charge in [-0.25, -0.2) is 4.98 Å². The van der Waals surface area contributed by atoms with E-state index >= 15 is 0 Å². The molecule has 0 radical (unpaired) electrons. The molecule has 2 aromatic carbocycles. The van der Waals surface area contributed by atoms with Crippen molar-refractivity contribution in [2.75, 3.05) is 5.32 Å². The van der Waals surface area contributed by atoms with E-state index in [4.69, 9.17) is 10.00 Å². The van der Waals surface area contributed by atoms with Crippen LogP contribution < -0.4 is 5.32 Å². The molecule has 1 unspecified atom stereocenters. The molecular weight excluding hydrogens is 374 g/mol. The molecule has 0 fully saturated rings. The van der Waals surface area contributed by atoms with Crippen molar-refractivity contribution in [3.63, 3.8) is 0 Å². The van der Waals surface area contributed by atoms with Crippen LogP contribution >= 0.6 is 11.3 Å². The van der Waals surface area contributed by atoms with Crippen LogP contribution in [0.1, 0.15) is 25.3 Å². The molecule has 0 spiro atoms. The number of nitrogens with one attached hydrogen (secondary N) is 1. The topological polar surface area (TPSA) is 92.1 Å². The van der Waals surface area contributed by atoms with E-state index in [0.717, 1.165) is 20.8 Å². The maximum absolute atomic E-state index is 12.3. The van der Waals surface area contributed by atoms with Gasteiger partial charge in [-0.3, -0.25) is 9.59 Å². The molecule has 3 rings (SSSR count). The van der Waals surface area contributed by atoms with Gasteiger partial charge in [0.15, 0.2) is 6.10 Å². The second-order valence-corrected chi connectivity index (χ2v) is 7.31. The number of nitriles is 1. The zero-order valence-corrected chi connectivity index (χ0v) is 16.4. The summed E-state index contributed by atoms with van der Waals surface area (Å²) in [6.45, 7) is 3.79. The standard InChI is InChI=1S/C21H19N3O3S/c1-3-17(27-19(25)10-11-22)20(26)23-15-7-5-14(6-8-15)21-24-16-9-4-13(2)12-18(16)28-21/h4-9,12,17H,3,10H2,1-2H3,(H,23,26). The molecule has 1 amide bonds. The first-order valence-corrected chi connectivity index (χ1v) is 9.66. The van der Waals surface area contributed by atoms with Gasteiger partial charge in [-0.05, 0) is 55.3 Å². The van der Waals surface area contributed by atoms with Crippen molar-refractivity contribution in [3.05, 3.63) is 48.0 Å². The van der Waals surface area contributed by atoms with Gasteiger partial charge in [-0.2, -0.15) is 5.26 Å². The van der Waals surface area contributed by atoms with Crippen LogP contribution in [0.15, 0.2) is 42.5 Å². The highest BCUT2D eigenvalue weighted by Gasteiger charge is 2.21. The molecule has 7 heteroatoms. The number of carbonyl (C=O) groups is 2. The van der Waals surface area contributed by atoms with Crippen molar-refractivity contribution < 1.29 is 14.3 Å². The number of fused-ring (bicyclic) bond motifs is 1. The molecule has 142 valence electrons. The lowest BCUT2D eigenvalue weighted by molar-refractivity contribution is -0.153. The first-order chi connectivity index (χ1) is 13.5. The number of aromatic nitrogens is 1. The molecule has 0 saturated carbocycles. The number of benzene rings is 2. The number of amides is 1. The number of esters is 1. The highest BCUT2D eigenvalue weighted by molar-refractivity contribution is 7.21. The number of thiazole rings is 1. The largest absolute Gasteiger partial charge is 0.451 e. The van der Waals surface area contributed by atoms with Gasteiger partial charge in [0.2, 0.25) is 0 Å². The van der Waals surface area contributed by atoms with Crippen LogP contribution in [0.25, 0.3) is 20.8 Å². The van der Waals surface area contributed by atoms with Crippen molar-refractivity contribution >= 4 is 39.1 Å². The third kappa shape index (κ3) is 4.53. The van der Waals surface area contributed by atoms with Crippen molar-refractivity contribution in [2.24, 2.45) is 0 Å². The minimum absolute atomic E-state index is 0.326. The monoisotopic (exact) mass is 393 g/mol. The molecule has 1 heterocycles. The summed E-state index contributed by atoms with van der Waals surface area (Å²) in [5.74, 6) is -1.12. The summed E-state index contributed by atoms with van der Waals surface area (Å²) in [4.78, 5) is 28.4. The van der Waals surface area contributed by atoms with E-state index in [1.54, 1.807) is 36.5 Å². The van der Waals surface area contributed by atoms with Crippen molar-refractivity contribution in [2.45, 2.75) is 32.8 Å². The Hall–Kier alpha value is -3.24. The predicted molar refractivity (Wildman–Crippen MR) is 109 cm³/mol. The first kappa shape index (κ1) is 19.5. The Morgan fingerprint density at radius 2 is 2.00 bits per heavy atom. The highest BCUT2D eigenvalue weighted by atomic mass is 32.1. The van der Waals surface area contributed by atoms with Gasteiger partial charge in [0.05, 0.1) is 16.3 Å². The Kier molecular flexibility index (Phi) is 6.02. The number of aryl methyl sites for hydroxylation is 1. The number of ether oxygens (including phenoxy) is 1. The van der Waals surface area contributed by atoms with E-state index in [0.29, 0.717) is 12.1 Å². The Labute approximate surface area is 166 Å². The molecule has 0 bridgehead atoms. The van der Waals surface area contributed by atoms with Crippen LogP contribution in [0.5, 0.6) is 0 Å². The number of anilines is 1. The fourth-order valence-corrected chi connectivity index (χ4v) is 3.73. The van der Waals surface area contributed by atoms with Crippen LogP contribution in [0.4, 0.5) is 5.69 Å². The normalized spacial score (nSPS) is 11.6. The van der Waals surface area contributed by atoms with Crippen LogP contribution in [-0.2, 0) is 14.3 Å². The summed E-state index contributed by atoms with van der Waals surface area (Å²) in [6.07, 6.45) is -0.972. The Morgan fingerprint density at radius 1 is 1.25 bits per heavy atom. The highest BCUT2D eigenvalue weighted by Crippen LogP contribution is 2.31. The van der Waals surface area contributed by atoms with Gasteiger partial charge >= 0.3 is 5.97 Å². The molecule has 1 aromatic heterocycles. The molecule has 3 aromatic rings. The zero-order valence-electron chi connectivity index (χ0n) is 15.6. The molecule has 28 heavy (non-hydrogen) atoms. The Balaban J connectivity index is 1.70. The maximum Gasteiger partial charge on any atom is 0.320 e. The van der Waals surface area contributed by atoms with Gasteiger partial charge in [0.25, 0.3) is 5.91 Å². The van der Waals surface area contributed by atoms with Crippen LogP contribution in [0.2, 0.25) is 0 Å². The van der Waals surface area contributed by atoms with Crippen molar-refractivity contribution in [3.8, 4) is 16.6 Å². The second-order valence-electron chi connectivity index (χ2n) is 6.28. The molecule has 0 saturated heterocycles. The zero-order chi connectivity index (χ0) is 20.1. The third-order valence-corrected chi connectivity index (χ3v) is 5.17. The predicted octanol–water partition coefficient (Wildman–Crippen LogP) is 4.45. The van der Waals surface area contributed by atoms with E-state index < -0.39 is 18.0 Å². The number of rotatable bonds is 6. The second kappa shape index (κ2) is 8.63. The fraction of sp³-hybridized carbons (Fsp3) is 0.238. The molecule has 1 atom stereocenters. The molecule has 0 aliphatic heterocycles. The maximum atomic E-state index is 12.3. The van der Waals surface area contributed by atoms with Gasteiger partial charge in [0.1, 0.15) is 11.4 Å². The van der Waals surface area contributed by atoms with E-state index in [1.165, 1.54) is 5.56 Å². The van der Waals surface area contributed by atoms with Gasteiger partial charge in [-0.1, -0.05) is 13.0 Å². The first-order valence-electron chi connectivity index (χ1n) is 8.85. The quantitative estimate of drug-likeness (QED) is 0.625. The summed E-state index contributed by atoms with van der Waals surface area (Å²) in [5, 5.41) is 12.2. The van der Waals surface area contributed by atoms with E-state index in [-0.39, 0.29) is 6.42 Å². The van der Waals surface area contributed by atoms with Crippen LogP contribution in [0.3, 0.4) is 0 Å². The van der Waals surface area contributed by atoms with E-state index in [1.807, 2.05) is 24.3 Å². The lowest BCUT2D eigenvalue weighted by atomic mass is 10.2. The van der Waals surface area contributed by atoms with E-state index in [2.05, 4.69) is 23.3 Å². The van der Waals surface area contributed by atoms with Gasteiger partial charge in [-0.15, -0.1) is 11.3 Å². The van der Waals surface area contributed by atoms with Gasteiger partial charge in [0, 0.05) is 11.3 Å². The molecule has 1 N–H and O–H groups in total. The Bertz CT molecular complexity index is 1050. The number of nitrogens with zero attached hydrogens (tertiary/aromatic N) is 2. The summed E-state index contributed by atoms with van der Waals surface area (Å²) >= 11 is 1.62. The van der Waals surface area contributed by atoms with Crippen molar-refractivity contribution in [1.82, 2.24) is 4.98 Å². The molecule has 6 nitrogen and oxygen atoms in total. The lowest BCUT2D eigenvalue weighted by Crippen LogP contribution is -2.31. The lowest BCUT2D eigenvalue weighted by Gasteiger charge is -2.15. The van der Waals surface area contributed by atoms with Gasteiger partial charge < -0.3 is 10.1 Å². The summed E-state index contributed by atoms with van der Waals surface area (Å²) in [5.41, 5.74) is 3.72. The summed E-state index contributed by atoms with van der Waals surface area (Å²) < 4.78 is 6.17. The number of carbonyl (C=O) groups excluding carboxylic acids is 2. The number of hydrogen-bond acceptors (Lipinski definition) is 6. The minimum atomic E-state index is -0.923. The van der Waals surface area contributed by atoms with Crippen molar-refractivity contribution in [1.29, 1.82) is 5.26 Å². The van der Waals surface area contributed by atoms with Crippen LogP contribution in [0, 0.1) is 18.3 Å². The molecule has 0 aliphatic rings. The fourth-order valence-electron chi connectivity index (χ4n) is 2.66. The van der Waals surface area contributed by atoms with E-state index in [9.17, 15) is 9.59 Å². The average Bonchev–Trinajstić information content (AvgIpc) is 3.10. The average molecular weight is 393 g/mol. The Morgan fingerprint density at radius 3 is 2.68 bits per heavy atom. The minimum Gasteiger partial charge on any atom is -0.451 e. The summed E-state index contributed by atoms with van der Waals surface area (Å²) in [7, 11) is 0.